The van der Waals surface area contributed by atoms with Crippen LogP contribution in [0.4, 0.5) is 0 Å². The van der Waals surface area contributed by atoms with E-state index in [1.165, 1.54) is 32.1 Å². The molecule has 1 aliphatic heterocycles. The number of quaternary nitrogens is 1. The molecule has 1 saturated heterocycles. The number of piperidine rings is 1. The molecule has 4 atom stereocenters. The second-order valence-electron chi connectivity index (χ2n) is 6.99. The van der Waals surface area contributed by atoms with Crippen LogP contribution in [0.1, 0.15) is 59.8 Å². The molecule has 88 valence electrons. The zero-order chi connectivity index (χ0) is 11.1. The minimum Gasteiger partial charge on any atom is -0.341 e. The summed E-state index contributed by atoms with van der Waals surface area (Å²) in [6.45, 7) is 9.72. The van der Waals surface area contributed by atoms with Gasteiger partial charge in [0.05, 0.1) is 12.1 Å². The van der Waals surface area contributed by atoms with Crippen LogP contribution in [0.3, 0.4) is 0 Å². The van der Waals surface area contributed by atoms with Crippen molar-refractivity contribution in [2.24, 2.45) is 17.3 Å². The summed E-state index contributed by atoms with van der Waals surface area (Å²) in [7, 11) is 0. The van der Waals surface area contributed by atoms with E-state index in [1.807, 2.05) is 0 Å². The summed E-state index contributed by atoms with van der Waals surface area (Å²) in [5.41, 5.74) is 0.511. The Balaban J connectivity index is 2.11. The first-order chi connectivity index (χ1) is 6.98. The first kappa shape index (κ1) is 11.4. The van der Waals surface area contributed by atoms with Crippen molar-refractivity contribution in [1.82, 2.24) is 0 Å². The Morgan fingerprint density at radius 3 is 2.40 bits per heavy atom. The third-order valence-electron chi connectivity index (χ3n) is 4.75. The number of rotatable bonds is 0. The first-order valence-electron chi connectivity index (χ1n) is 6.83. The number of hydrogen-bond donors (Lipinski definition) is 1. The molecule has 2 aliphatic rings. The van der Waals surface area contributed by atoms with E-state index in [-0.39, 0.29) is 0 Å². The molecule has 0 aromatic carbocycles. The molecule has 1 nitrogen and oxygen atoms in total. The van der Waals surface area contributed by atoms with Gasteiger partial charge in [0.2, 0.25) is 0 Å². The van der Waals surface area contributed by atoms with Gasteiger partial charge < -0.3 is 5.32 Å². The fourth-order valence-electron chi connectivity index (χ4n) is 3.90. The van der Waals surface area contributed by atoms with Gasteiger partial charge in [-0.15, -0.1) is 0 Å². The van der Waals surface area contributed by atoms with E-state index in [0.717, 1.165) is 23.9 Å². The topological polar surface area (TPSA) is 16.6 Å². The van der Waals surface area contributed by atoms with Crippen molar-refractivity contribution in [3.05, 3.63) is 0 Å². The summed E-state index contributed by atoms with van der Waals surface area (Å²) in [5, 5.41) is 2.70. The van der Waals surface area contributed by atoms with Crippen molar-refractivity contribution in [2.75, 3.05) is 0 Å². The largest absolute Gasteiger partial charge is 0.341 e. The third-order valence-corrected chi connectivity index (χ3v) is 4.75. The molecule has 2 N–H and O–H groups in total. The fraction of sp³-hybridized carbons (Fsp3) is 1.00. The molecule has 0 radical (unpaired) electrons. The van der Waals surface area contributed by atoms with Crippen molar-refractivity contribution in [3.8, 4) is 0 Å². The van der Waals surface area contributed by atoms with Crippen LogP contribution in [0, 0.1) is 17.3 Å². The lowest BCUT2D eigenvalue weighted by Crippen LogP contribution is -2.99. The van der Waals surface area contributed by atoms with E-state index < -0.39 is 0 Å². The second kappa shape index (κ2) is 4.08. The molecule has 1 saturated carbocycles. The van der Waals surface area contributed by atoms with Gasteiger partial charge >= 0.3 is 0 Å². The summed E-state index contributed by atoms with van der Waals surface area (Å²) >= 11 is 0. The lowest BCUT2D eigenvalue weighted by Gasteiger charge is -2.46. The van der Waals surface area contributed by atoms with Gasteiger partial charge in [0, 0.05) is 11.8 Å². The summed E-state index contributed by atoms with van der Waals surface area (Å²) in [4.78, 5) is 0. The fourth-order valence-corrected chi connectivity index (χ4v) is 3.90. The average Bonchev–Trinajstić information content (AvgIpc) is 2.15. The van der Waals surface area contributed by atoms with E-state index in [4.69, 9.17) is 0 Å². The maximum absolute atomic E-state index is 2.70. The Morgan fingerprint density at radius 2 is 1.73 bits per heavy atom. The molecule has 0 bridgehead atoms. The maximum Gasteiger partial charge on any atom is 0.0923 e. The van der Waals surface area contributed by atoms with Gasteiger partial charge in [0.25, 0.3) is 0 Å². The summed E-state index contributed by atoms with van der Waals surface area (Å²) in [6, 6.07) is 1.80. The van der Waals surface area contributed by atoms with Gasteiger partial charge in [0.1, 0.15) is 0 Å². The van der Waals surface area contributed by atoms with E-state index in [1.54, 1.807) is 0 Å². The molecule has 15 heavy (non-hydrogen) atoms. The standard InChI is InChI=1S/C14H27N/c1-10-8-9-11-6-5-7-12(13(11)15-10)14(2,3)4/h10-13,15H,5-9H2,1-4H3/p+1/t10-,11+,12-,13+/m0/s1. The minimum atomic E-state index is 0.511. The van der Waals surface area contributed by atoms with Crippen LogP contribution < -0.4 is 5.32 Å². The highest BCUT2D eigenvalue weighted by molar-refractivity contribution is 4.89. The van der Waals surface area contributed by atoms with Crippen LogP contribution in [0.15, 0.2) is 0 Å². The SMILES string of the molecule is C[C@H]1CC[C@H]2CCC[C@H](C(C)(C)C)[C@@H]2[NH2+]1. The molecule has 1 aliphatic carbocycles. The first-order valence-corrected chi connectivity index (χ1v) is 6.83. The van der Waals surface area contributed by atoms with Crippen molar-refractivity contribution in [1.29, 1.82) is 0 Å². The highest BCUT2D eigenvalue weighted by atomic mass is 15.0. The molecule has 2 fully saturated rings. The van der Waals surface area contributed by atoms with Gasteiger partial charge in [0.15, 0.2) is 0 Å². The minimum absolute atomic E-state index is 0.511. The quantitative estimate of drug-likeness (QED) is 0.633. The second-order valence-corrected chi connectivity index (χ2v) is 6.99. The number of hydrogen-bond acceptors (Lipinski definition) is 0. The van der Waals surface area contributed by atoms with Gasteiger partial charge in [-0.1, -0.05) is 27.2 Å². The van der Waals surface area contributed by atoms with Crippen molar-refractivity contribution in [2.45, 2.75) is 71.9 Å². The van der Waals surface area contributed by atoms with E-state index in [0.29, 0.717) is 5.41 Å². The van der Waals surface area contributed by atoms with E-state index >= 15 is 0 Å². The monoisotopic (exact) mass is 210 g/mol. The summed E-state index contributed by atoms with van der Waals surface area (Å²) in [6.07, 6.45) is 7.38. The molecule has 2 rings (SSSR count). The molecule has 0 aromatic heterocycles. The van der Waals surface area contributed by atoms with Crippen molar-refractivity contribution < 1.29 is 5.32 Å². The van der Waals surface area contributed by atoms with Crippen LogP contribution in [0.25, 0.3) is 0 Å². The predicted octanol–water partition coefficient (Wildman–Crippen LogP) is 2.56. The Bertz CT molecular complexity index is 216. The molecule has 0 unspecified atom stereocenters. The lowest BCUT2D eigenvalue weighted by atomic mass is 9.63. The Hall–Kier alpha value is -0.0400. The zero-order valence-electron chi connectivity index (χ0n) is 10.9. The molecule has 1 heteroatoms. The highest BCUT2D eigenvalue weighted by Crippen LogP contribution is 2.41. The van der Waals surface area contributed by atoms with E-state index in [2.05, 4.69) is 33.0 Å². The molecule has 0 spiro atoms. The van der Waals surface area contributed by atoms with Crippen LogP contribution in [-0.4, -0.2) is 12.1 Å². The van der Waals surface area contributed by atoms with Gasteiger partial charge in [-0.25, -0.2) is 0 Å². The molecule has 0 amide bonds. The van der Waals surface area contributed by atoms with Crippen molar-refractivity contribution in [3.63, 3.8) is 0 Å². The van der Waals surface area contributed by atoms with Crippen LogP contribution in [0.2, 0.25) is 0 Å². The highest BCUT2D eigenvalue weighted by Gasteiger charge is 2.44. The van der Waals surface area contributed by atoms with Crippen LogP contribution >= 0.6 is 0 Å². The lowest BCUT2D eigenvalue weighted by molar-refractivity contribution is -0.743. The Morgan fingerprint density at radius 1 is 1.00 bits per heavy atom. The van der Waals surface area contributed by atoms with Crippen LogP contribution in [0.5, 0.6) is 0 Å². The number of nitrogens with two attached hydrogens (primary N) is 1. The smallest absolute Gasteiger partial charge is 0.0923 e. The summed E-state index contributed by atoms with van der Waals surface area (Å²) in [5.74, 6) is 1.97. The van der Waals surface area contributed by atoms with Crippen molar-refractivity contribution >= 4 is 0 Å². The number of fused-ring (bicyclic) bond motifs is 1. The summed E-state index contributed by atoms with van der Waals surface area (Å²) < 4.78 is 0. The molecule has 1 heterocycles. The molecule has 0 aromatic rings. The normalized spacial score (nSPS) is 42.4. The zero-order valence-corrected chi connectivity index (χ0v) is 10.9. The Kier molecular flexibility index (Phi) is 3.12. The van der Waals surface area contributed by atoms with E-state index in [9.17, 15) is 0 Å². The predicted molar refractivity (Wildman–Crippen MR) is 64.7 cm³/mol. The Labute approximate surface area is 95.0 Å². The van der Waals surface area contributed by atoms with Gasteiger partial charge in [-0.2, -0.15) is 0 Å². The van der Waals surface area contributed by atoms with Gasteiger partial charge in [-0.05, 0) is 38.0 Å². The molecular formula is C14H28N+. The van der Waals surface area contributed by atoms with Crippen LogP contribution in [-0.2, 0) is 0 Å². The third kappa shape index (κ3) is 2.38. The average molecular weight is 210 g/mol. The van der Waals surface area contributed by atoms with Gasteiger partial charge in [-0.3, -0.25) is 0 Å². The molecular weight excluding hydrogens is 182 g/mol. The maximum atomic E-state index is 2.70.